The normalized spacial score (nSPS) is 10.8. The monoisotopic (exact) mass is 294 g/mol. The van der Waals surface area contributed by atoms with E-state index in [4.69, 9.17) is 9.84 Å². The van der Waals surface area contributed by atoms with Gasteiger partial charge in [0.2, 0.25) is 0 Å². The van der Waals surface area contributed by atoms with Gasteiger partial charge in [0, 0.05) is 12.2 Å². The Morgan fingerprint density at radius 2 is 1.81 bits per heavy atom. The number of carboxylic acids is 1. The first-order valence-corrected chi connectivity index (χ1v) is 6.76. The van der Waals surface area contributed by atoms with Crippen molar-refractivity contribution in [2.45, 2.75) is 27.2 Å². The Morgan fingerprint density at radius 3 is 2.33 bits per heavy atom. The maximum Gasteiger partial charge on any atom is 0.341 e. The van der Waals surface area contributed by atoms with E-state index in [2.05, 4.69) is 31.4 Å². The van der Waals surface area contributed by atoms with Crippen LogP contribution in [0.25, 0.3) is 0 Å². The number of carbonyl (C=O) groups is 2. The summed E-state index contributed by atoms with van der Waals surface area (Å²) in [6.45, 7) is 6.56. The summed E-state index contributed by atoms with van der Waals surface area (Å²) in [4.78, 5) is 22.0. The van der Waals surface area contributed by atoms with Crippen LogP contribution in [0.15, 0.2) is 24.3 Å². The molecule has 1 aromatic carbocycles. The van der Waals surface area contributed by atoms with E-state index in [-0.39, 0.29) is 18.1 Å². The topological polar surface area (TPSA) is 87.7 Å². The van der Waals surface area contributed by atoms with Crippen LogP contribution in [0.4, 0.5) is 10.5 Å². The molecule has 0 atom stereocenters. The van der Waals surface area contributed by atoms with E-state index in [1.165, 1.54) is 0 Å². The van der Waals surface area contributed by atoms with Crippen LogP contribution in [0.3, 0.4) is 0 Å². The summed E-state index contributed by atoms with van der Waals surface area (Å²) in [6, 6.07) is 6.25. The molecule has 2 amide bonds. The largest absolute Gasteiger partial charge is 0.482 e. The van der Waals surface area contributed by atoms with Gasteiger partial charge in [0.15, 0.2) is 6.61 Å². The number of hydrogen-bond acceptors (Lipinski definition) is 3. The average Bonchev–Trinajstić information content (AvgIpc) is 2.36. The molecule has 116 valence electrons. The molecule has 0 fully saturated rings. The number of amides is 2. The first-order valence-electron chi connectivity index (χ1n) is 6.76. The standard InChI is InChI=1S/C15H22N2O4/c1-15(2,3)8-9-16-14(20)17-11-4-6-12(7-5-11)21-10-13(18)19/h4-7H,8-10H2,1-3H3,(H,18,19)(H2,16,17,20). The summed E-state index contributed by atoms with van der Waals surface area (Å²) >= 11 is 0. The van der Waals surface area contributed by atoms with Gasteiger partial charge in [0.1, 0.15) is 5.75 Å². The molecule has 21 heavy (non-hydrogen) atoms. The summed E-state index contributed by atoms with van der Waals surface area (Å²) in [6.07, 6.45) is 0.891. The van der Waals surface area contributed by atoms with Crippen molar-refractivity contribution < 1.29 is 19.4 Å². The molecule has 0 saturated carbocycles. The van der Waals surface area contributed by atoms with Gasteiger partial charge in [-0.1, -0.05) is 20.8 Å². The number of rotatable bonds is 6. The van der Waals surface area contributed by atoms with E-state index in [9.17, 15) is 9.59 Å². The Hall–Kier alpha value is -2.24. The average molecular weight is 294 g/mol. The molecule has 0 aliphatic carbocycles. The van der Waals surface area contributed by atoms with Crippen LogP contribution in [-0.4, -0.2) is 30.3 Å². The van der Waals surface area contributed by atoms with Gasteiger partial charge in [-0.2, -0.15) is 0 Å². The minimum Gasteiger partial charge on any atom is -0.482 e. The summed E-state index contributed by atoms with van der Waals surface area (Å²) in [7, 11) is 0. The zero-order valence-electron chi connectivity index (χ0n) is 12.6. The molecule has 0 aromatic heterocycles. The third kappa shape index (κ3) is 7.81. The van der Waals surface area contributed by atoms with Crippen LogP contribution in [0, 0.1) is 5.41 Å². The lowest BCUT2D eigenvalue weighted by atomic mass is 9.92. The van der Waals surface area contributed by atoms with Gasteiger partial charge < -0.3 is 20.5 Å². The summed E-state index contributed by atoms with van der Waals surface area (Å²) in [5, 5.41) is 14.0. The second-order valence-corrected chi connectivity index (χ2v) is 5.90. The minimum atomic E-state index is -1.03. The van der Waals surface area contributed by atoms with Gasteiger partial charge in [0.05, 0.1) is 0 Å². The molecule has 6 nitrogen and oxygen atoms in total. The molecule has 1 aromatic rings. The number of ether oxygens (including phenoxy) is 1. The highest BCUT2D eigenvalue weighted by atomic mass is 16.5. The van der Waals surface area contributed by atoms with Gasteiger partial charge in [0.25, 0.3) is 0 Å². The third-order valence-corrected chi connectivity index (χ3v) is 2.64. The van der Waals surface area contributed by atoms with E-state index in [1.54, 1.807) is 24.3 Å². The van der Waals surface area contributed by atoms with Crippen molar-refractivity contribution in [1.29, 1.82) is 0 Å². The molecule has 0 aliphatic rings. The molecule has 0 spiro atoms. The molecule has 0 saturated heterocycles. The van der Waals surface area contributed by atoms with Gasteiger partial charge >= 0.3 is 12.0 Å². The SMILES string of the molecule is CC(C)(C)CCNC(=O)Nc1ccc(OCC(=O)O)cc1. The molecular formula is C15H22N2O4. The first-order chi connectivity index (χ1) is 9.76. The lowest BCUT2D eigenvalue weighted by Crippen LogP contribution is -2.31. The molecular weight excluding hydrogens is 272 g/mol. The van der Waals surface area contributed by atoms with E-state index in [0.29, 0.717) is 18.0 Å². The van der Waals surface area contributed by atoms with Crippen LogP contribution < -0.4 is 15.4 Å². The minimum absolute atomic E-state index is 0.177. The maximum absolute atomic E-state index is 11.7. The second kappa shape index (κ2) is 7.52. The maximum atomic E-state index is 11.7. The summed E-state index contributed by atoms with van der Waals surface area (Å²) < 4.78 is 5.00. The molecule has 0 radical (unpaired) electrons. The van der Waals surface area contributed by atoms with Crippen LogP contribution in [0.5, 0.6) is 5.75 Å². The van der Waals surface area contributed by atoms with Crippen molar-refractivity contribution in [2.24, 2.45) is 5.41 Å². The first kappa shape index (κ1) is 16.8. The smallest absolute Gasteiger partial charge is 0.341 e. The number of nitrogens with one attached hydrogen (secondary N) is 2. The highest BCUT2D eigenvalue weighted by molar-refractivity contribution is 5.89. The summed E-state index contributed by atoms with van der Waals surface area (Å²) in [5.74, 6) is -0.591. The third-order valence-electron chi connectivity index (χ3n) is 2.64. The molecule has 0 bridgehead atoms. The van der Waals surface area contributed by atoms with E-state index in [1.807, 2.05) is 0 Å². The lowest BCUT2D eigenvalue weighted by Gasteiger charge is -2.18. The fourth-order valence-corrected chi connectivity index (χ4v) is 1.51. The van der Waals surface area contributed by atoms with Gasteiger partial charge in [-0.05, 0) is 36.1 Å². The summed E-state index contributed by atoms with van der Waals surface area (Å²) in [5.41, 5.74) is 0.794. The fraction of sp³-hybridized carbons (Fsp3) is 0.467. The Labute approximate surface area is 124 Å². The number of aliphatic carboxylic acids is 1. The van der Waals surface area contributed by atoms with Crippen LogP contribution in [-0.2, 0) is 4.79 Å². The zero-order valence-corrected chi connectivity index (χ0v) is 12.6. The van der Waals surface area contributed by atoms with Crippen molar-refractivity contribution >= 4 is 17.7 Å². The van der Waals surface area contributed by atoms with Crippen molar-refractivity contribution in [3.8, 4) is 5.75 Å². The Morgan fingerprint density at radius 1 is 1.19 bits per heavy atom. The quantitative estimate of drug-likeness (QED) is 0.752. The van der Waals surface area contributed by atoms with E-state index >= 15 is 0 Å². The Bertz CT molecular complexity index is 477. The number of anilines is 1. The van der Waals surface area contributed by atoms with Crippen molar-refractivity contribution in [2.75, 3.05) is 18.5 Å². The van der Waals surface area contributed by atoms with E-state index < -0.39 is 5.97 Å². The van der Waals surface area contributed by atoms with Gasteiger partial charge in [-0.25, -0.2) is 9.59 Å². The van der Waals surface area contributed by atoms with Crippen LogP contribution in [0.2, 0.25) is 0 Å². The number of benzene rings is 1. The van der Waals surface area contributed by atoms with Crippen molar-refractivity contribution in [3.63, 3.8) is 0 Å². The highest BCUT2D eigenvalue weighted by Crippen LogP contribution is 2.17. The predicted octanol–water partition coefficient (Wildman–Crippen LogP) is 2.71. The molecule has 1 rings (SSSR count). The van der Waals surface area contributed by atoms with Gasteiger partial charge in [-0.3, -0.25) is 0 Å². The van der Waals surface area contributed by atoms with Crippen molar-refractivity contribution in [3.05, 3.63) is 24.3 Å². The van der Waals surface area contributed by atoms with E-state index in [0.717, 1.165) is 6.42 Å². The van der Waals surface area contributed by atoms with Gasteiger partial charge in [-0.15, -0.1) is 0 Å². The molecule has 0 heterocycles. The van der Waals surface area contributed by atoms with Crippen LogP contribution in [0.1, 0.15) is 27.2 Å². The number of hydrogen-bond donors (Lipinski definition) is 3. The molecule has 0 aliphatic heterocycles. The number of carbonyl (C=O) groups excluding carboxylic acids is 1. The zero-order chi connectivity index (χ0) is 15.9. The second-order valence-electron chi connectivity index (χ2n) is 5.90. The lowest BCUT2D eigenvalue weighted by molar-refractivity contribution is -0.139. The number of carboxylic acid groups (broad SMARTS) is 1. The molecule has 3 N–H and O–H groups in total. The fourth-order valence-electron chi connectivity index (χ4n) is 1.51. The Kier molecular flexibility index (Phi) is 6.02. The number of urea groups is 1. The Balaban J connectivity index is 2.37. The predicted molar refractivity (Wildman–Crippen MR) is 80.7 cm³/mol. The van der Waals surface area contributed by atoms with Crippen molar-refractivity contribution in [1.82, 2.24) is 5.32 Å². The van der Waals surface area contributed by atoms with Crippen LogP contribution >= 0.6 is 0 Å². The molecule has 6 heteroatoms. The molecule has 0 unspecified atom stereocenters. The highest BCUT2D eigenvalue weighted by Gasteiger charge is 2.10.